The molecule has 4 N–H and O–H groups in total. The van der Waals surface area contributed by atoms with E-state index in [4.69, 9.17) is 23.1 Å². The first-order chi connectivity index (χ1) is 6.66. The van der Waals surface area contributed by atoms with Crippen molar-refractivity contribution in [1.29, 1.82) is 0 Å². The molecule has 0 radical (unpaired) electrons. The van der Waals surface area contributed by atoms with Crippen LogP contribution in [-0.2, 0) is 0 Å². The highest BCUT2D eigenvalue weighted by Gasteiger charge is 2.25. The lowest BCUT2D eigenvalue weighted by Crippen LogP contribution is -2.14. The number of pyridine rings is 1. The molecule has 0 spiro atoms. The number of halogens is 1. The summed E-state index contributed by atoms with van der Waals surface area (Å²) in [6.45, 7) is 0. The Balaban J connectivity index is 2.13. The first-order valence-corrected chi connectivity index (χ1v) is 5.22. The van der Waals surface area contributed by atoms with Crippen molar-refractivity contribution in [3.8, 4) is 0 Å². The topological polar surface area (TPSA) is 64.9 Å². The third kappa shape index (κ3) is 2.16. The molecule has 2 rings (SSSR count). The number of aromatic nitrogens is 1. The minimum absolute atomic E-state index is 0.00673. The van der Waals surface area contributed by atoms with Gasteiger partial charge in [0, 0.05) is 11.6 Å². The van der Waals surface area contributed by atoms with Crippen LogP contribution in [0, 0.1) is 5.92 Å². The average molecular weight is 212 g/mol. The fourth-order valence-corrected chi connectivity index (χ4v) is 1.77. The predicted octanol–water partition coefficient (Wildman–Crippen LogP) is 2.12. The van der Waals surface area contributed by atoms with Gasteiger partial charge in [-0.25, -0.2) is 4.98 Å². The smallest absolute Gasteiger partial charge is 0.131 e. The second-order valence-corrected chi connectivity index (χ2v) is 4.28. The maximum atomic E-state index is 6.02. The number of hydrogen-bond acceptors (Lipinski definition) is 3. The molecule has 1 atom stereocenters. The van der Waals surface area contributed by atoms with Crippen molar-refractivity contribution in [2.45, 2.75) is 25.3 Å². The van der Waals surface area contributed by atoms with Gasteiger partial charge >= 0.3 is 0 Å². The van der Waals surface area contributed by atoms with Crippen LogP contribution in [0.3, 0.4) is 0 Å². The van der Waals surface area contributed by atoms with Gasteiger partial charge < -0.3 is 11.5 Å². The maximum Gasteiger partial charge on any atom is 0.131 e. The van der Waals surface area contributed by atoms with Gasteiger partial charge in [0.1, 0.15) is 11.0 Å². The van der Waals surface area contributed by atoms with Gasteiger partial charge in [-0.1, -0.05) is 30.5 Å². The molecule has 0 bridgehead atoms. The largest absolute Gasteiger partial charge is 0.383 e. The molecule has 0 aliphatic heterocycles. The van der Waals surface area contributed by atoms with Crippen LogP contribution in [0.4, 0.5) is 5.82 Å². The number of nitrogens with zero attached hydrogens (tertiary/aromatic N) is 1. The van der Waals surface area contributed by atoms with Crippen LogP contribution in [0.2, 0.25) is 5.15 Å². The third-order valence-electron chi connectivity index (χ3n) is 2.61. The Morgan fingerprint density at radius 2 is 2.21 bits per heavy atom. The molecule has 1 heterocycles. The highest BCUT2D eigenvalue weighted by atomic mass is 35.5. The molecule has 0 aromatic carbocycles. The summed E-state index contributed by atoms with van der Waals surface area (Å²) in [5.41, 5.74) is 12.7. The fourth-order valence-electron chi connectivity index (χ4n) is 1.61. The molecule has 1 aromatic rings. The first kappa shape index (κ1) is 9.74. The van der Waals surface area contributed by atoms with E-state index in [9.17, 15) is 0 Å². The fraction of sp³-hybridized carbons (Fsp3) is 0.500. The standard InChI is InChI=1S/C10H14ClN3/c11-9-4-3-7(10(13)14-9)8(12)5-6-1-2-6/h3-4,6,8H,1-2,5,12H2,(H2,13,14)/t8-/m0/s1. The monoisotopic (exact) mass is 211 g/mol. The summed E-state index contributed by atoms with van der Waals surface area (Å²) in [6.07, 6.45) is 3.61. The molecule has 0 unspecified atom stereocenters. The minimum atomic E-state index is 0.00673. The Morgan fingerprint density at radius 1 is 1.50 bits per heavy atom. The van der Waals surface area contributed by atoms with Crippen LogP contribution < -0.4 is 11.5 Å². The second kappa shape index (κ2) is 3.75. The molecule has 4 heteroatoms. The van der Waals surface area contributed by atoms with Gasteiger partial charge in [-0.3, -0.25) is 0 Å². The summed E-state index contributed by atoms with van der Waals surface area (Å²) in [7, 11) is 0. The molecule has 1 aliphatic carbocycles. The molecule has 0 saturated heterocycles. The highest BCUT2D eigenvalue weighted by molar-refractivity contribution is 6.29. The van der Waals surface area contributed by atoms with Crippen LogP contribution in [0.5, 0.6) is 0 Å². The number of rotatable bonds is 3. The van der Waals surface area contributed by atoms with Gasteiger partial charge in [0.25, 0.3) is 0 Å². The van der Waals surface area contributed by atoms with E-state index in [0.717, 1.165) is 17.9 Å². The zero-order chi connectivity index (χ0) is 10.1. The Morgan fingerprint density at radius 3 is 2.79 bits per heavy atom. The lowest BCUT2D eigenvalue weighted by Gasteiger charge is -2.13. The predicted molar refractivity (Wildman–Crippen MR) is 57.9 cm³/mol. The van der Waals surface area contributed by atoms with Gasteiger partial charge in [-0.15, -0.1) is 0 Å². The minimum Gasteiger partial charge on any atom is -0.383 e. The lowest BCUT2D eigenvalue weighted by atomic mass is 10.0. The zero-order valence-corrected chi connectivity index (χ0v) is 8.67. The summed E-state index contributed by atoms with van der Waals surface area (Å²) in [5, 5.41) is 0.421. The van der Waals surface area contributed by atoms with Crippen molar-refractivity contribution in [3.63, 3.8) is 0 Å². The third-order valence-corrected chi connectivity index (χ3v) is 2.82. The summed E-state index contributed by atoms with van der Waals surface area (Å²) in [4.78, 5) is 3.99. The van der Waals surface area contributed by atoms with E-state index in [1.807, 2.05) is 6.07 Å². The molecule has 0 amide bonds. The van der Waals surface area contributed by atoms with Crippen molar-refractivity contribution in [1.82, 2.24) is 4.98 Å². The van der Waals surface area contributed by atoms with Crippen molar-refractivity contribution < 1.29 is 0 Å². The number of anilines is 1. The van der Waals surface area contributed by atoms with Crippen LogP contribution in [0.1, 0.15) is 30.9 Å². The van der Waals surface area contributed by atoms with E-state index in [0.29, 0.717) is 11.0 Å². The van der Waals surface area contributed by atoms with E-state index in [-0.39, 0.29) is 6.04 Å². The molecule has 76 valence electrons. The van der Waals surface area contributed by atoms with Crippen molar-refractivity contribution in [2.75, 3.05) is 5.73 Å². The van der Waals surface area contributed by atoms with Crippen LogP contribution >= 0.6 is 11.6 Å². The maximum absolute atomic E-state index is 6.02. The van der Waals surface area contributed by atoms with E-state index in [1.54, 1.807) is 6.07 Å². The van der Waals surface area contributed by atoms with E-state index in [2.05, 4.69) is 4.98 Å². The van der Waals surface area contributed by atoms with Crippen molar-refractivity contribution >= 4 is 17.4 Å². The number of nitrogens with two attached hydrogens (primary N) is 2. The quantitative estimate of drug-likeness (QED) is 0.753. The first-order valence-electron chi connectivity index (χ1n) is 4.84. The van der Waals surface area contributed by atoms with Gasteiger partial charge in [-0.05, 0) is 18.4 Å². The van der Waals surface area contributed by atoms with Crippen molar-refractivity contribution in [2.24, 2.45) is 11.7 Å². The number of hydrogen-bond donors (Lipinski definition) is 2. The summed E-state index contributed by atoms with van der Waals surface area (Å²) in [6, 6.07) is 3.62. The molecule has 1 fully saturated rings. The van der Waals surface area contributed by atoms with E-state index in [1.165, 1.54) is 12.8 Å². The van der Waals surface area contributed by atoms with Crippen LogP contribution in [0.15, 0.2) is 12.1 Å². The molecule has 14 heavy (non-hydrogen) atoms. The van der Waals surface area contributed by atoms with E-state index >= 15 is 0 Å². The lowest BCUT2D eigenvalue weighted by molar-refractivity contribution is 0.597. The molecular weight excluding hydrogens is 198 g/mol. The molecule has 1 saturated carbocycles. The Hall–Kier alpha value is -0.800. The van der Waals surface area contributed by atoms with Crippen LogP contribution in [-0.4, -0.2) is 4.98 Å². The van der Waals surface area contributed by atoms with E-state index < -0.39 is 0 Å². The van der Waals surface area contributed by atoms with Crippen LogP contribution in [0.25, 0.3) is 0 Å². The van der Waals surface area contributed by atoms with Gasteiger partial charge in [0.05, 0.1) is 0 Å². The average Bonchev–Trinajstić information content (AvgIpc) is 2.87. The van der Waals surface area contributed by atoms with Gasteiger partial charge in [0.15, 0.2) is 0 Å². The van der Waals surface area contributed by atoms with Gasteiger partial charge in [0.2, 0.25) is 0 Å². The summed E-state index contributed by atoms with van der Waals surface area (Å²) >= 11 is 5.71. The Labute approximate surface area is 88.5 Å². The zero-order valence-electron chi connectivity index (χ0n) is 7.91. The Bertz CT molecular complexity index is 336. The number of nitrogen functional groups attached to an aromatic ring is 1. The summed E-state index contributed by atoms with van der Waals surface area (Å²) < 4.78 is 0. The molecule has 1 aliphatic rings. The van der Waals surface area contributed by atoms with Gasteiger partial charge in [-0.2, -0.15) is 0 Å². The normalized spacial score (nSPS) is 18.1. The SMILES string of the molecule is Nc1nc(Cl)ccc1[C@@H](N)CC1CC1. The Kier molecular flexibility index (Phi) is 2.61. The summed E-state index contributed by atoms with van der Waals surface area (Å²) in [5.74, 6) is 1.26. The molecule has 1 aromatic heterocycles. The molecular formula is C10H14ClN3. The molecule has 3 nitrogen and oxygen atoms in total. The second-order valence-electron chi connectivity index (χ2n) is 3.89. The highest BCUT2D eigenvalue weighted by Crippen LogP contribution is 2.37. The van der Waals surface area contributed by atoms with Crippen molar-refractivity contribution in [3.05, 3.63) is 22.8 Å².